The highest BCUT2D eigenvalue weighted by atomic mass is 35.5. The zero-order valence-electron chi connectivity index (χ0n) is 7.49. The van der Waals surface area contributed by atoms with Crippen molar-refractivity contribution in [1.29, 1.82) is 0 Å². The molecule has 0 saturated carbocycles. The summed E-state index contributed by atoms with van der Waals surface area (Å²) in [5.41, 5.74) is 1.34. The summed E-state index contributed by atoms with van der Waals surface area (Å²) in [6.07, 6.45) is 6.37. The molecule has 2 aromatic heterocycles. The number of halogens is 1. The van der Waals surface area contributed by atoms with Gasteiger partial charge in [0, 0.05) is 18.6 Å². The Labute approximate surface area is 85.2 Å². The summed E-state index contributed by atoms with van der Waals surface area (Å²) in [5.74, 6) is 0. The zero-order valence-corrected chi connectivity index (χ0v) is 8.25. The van der Waals surface area contributed by atoms with Crippen molar-refractivity contribution in [3.05, 3.63) is 45.9 Å². The first-order valence-electron chi connectivity index (χ1n) is 4.06. The molecule has 72 valence electrons. The highest BCUT2D eigenvalue weighted by Crippen LogP contribution is 2.18. The first kappa shape index (κ1) is 9.02. The van der Waals surface area contributed by atoms with Crippen molar-refractivity contribution < 1.29 is 0 Å². The summed E-state index contributed by atoms with van der Waals surface area (Å²) < 4.78 is 1.47. The molecule has 0 aliphatic carbocycles. The van der Waals surface area contributed by atoms with Crippen LogP contribution in [0, 0.1) is 6.92 Å². The van der Waals surface area contributed by atoms with Crippen LogP contribution in [0.4, 0.5) is 0 Å². The SMILES string of the molecule is Cc1c(Cl)cncc1-n1cc[nH]c1=O. The van der Waals surface area contributed by atoms with Crippen LogP contribution in [-0.2, 0) is 0 Å². The summed E-state index contributed by atoms with van der Waals surface area (Å²) >= 11 is 5.90. The highest BCUT2D eigenvalue weighted by Gasteiger charge is 2.06. The molecule has 2 heterocycles. The molecule has 4 nitrogen and oxygen atoms in total. The van der Waals surface area contributed by atoms with Crippen LogP contribution in [0.5, 0.6) is 0 Å². The predicted molar refractivity (Wildman–Crippen MR) is 53.9 cm³/mol. The van der Waals surface area contributed by atoms with E-state index in [-0.39, 0.29) is 5.69 Å². The fraction of sp³-hybridized carbons (Fsp3) is 0.111. The van der Waals surface area contributed by atoms with Crippen molar-refractivity contribution in [2.45, 2.75) is 6.92 Å². The second-order valence-electron chi connectivity index (χ2n) is 2.90. The largest absolute Gasteiger partial charge is 0.330 e. The third-order valence-electron chi connectivity index (χ3n) is 2.04. The van der Waals surface area contributed by atoms with Gasteiger partial charge in [0.2, 0.25) is 0 Å². The van der Waals surface area contributed by atoms with Gasteiger partial charge < -0.3 is 4.98 Å². The molecule has 0 unspecified atom stereocenters. The number of aromatic nitrogens is 3. The van der Waals surface area contributed by atoms with Gasteiger partial charge in [0.05, 0.1) is 16.9 Å². The number of hydrogen-bond acceptors (Lipinski definition) is 2. The molecule has 14 heavy (non-hydrogen) atoms. The first-order chi connectivity index (χ1) is 6.70. The van der Waals surface area contributed by atoms with E-state index in [0.29, 0.717) is 10.7 Å². The molecule has 0 saturated heterocycles. The molecule has 0 aromatic carbocycles. The minimum atomic E-state index is -0.197. The Morgan fingerprint density at radius 1 is 1.50 bits per heavy atom. The minimum absolute atomic E-state index is 0.197. The Kier molecular flexibility index (Phi) is 2.13. The van der Waals surface area contributed by atoms with Crippen LogP contribution in [-0.4, -0.2) is 14.5 Å². The van der Waals surface area contributed by atoms with Crippen LogP contribution < -0.4 is 5.69 Å². The Hall–Kier alpha value is -1.55. The van der Waals surface area contributed by atoms with Crippen molar-refractivity contribution in [1.82, 2.24) is 14.5 Å². The molecule has 0 aliphatic heterocycles. The van der Waals surface area contributed by atoms with Crippen LogP contribution in [0.25, 0.3) is 5.69 Å². The number of rotatable bonds is 1. The van der Waals surface area contributed by atoms with Gasteiger partial charge in [-0.25, -0.2) is 4.79 Å². The number of H-pyrrole nitrogens is 1. The second kappa shape index (κ2) is 3.31. The van der Waals surface area contributed by atoms with Gasteiger partial charge in [-0.3, -0.25) is 9.55 Å². The molecular formula is C9H8ClN3O. The van der Waals surface area contributed by atoms with Gasteiger partial charge in [0.1, 0.15) is 0 Å². The van der Waals surface area contributed by atoms with Crippen LogP contribution in [0.3, 0.4) is 0 Å². The van der Waals surface area contributed by atoms with Gasteiger partial charge in [-0.15, -0.1) is 0 Å². The summed E-state index contributed by atoms with van der Waals surface area (Å²) in [6, 6.07) is 0. The van der Waals surface area contributed by atoms with E-state index < -0.39 is 0 Å². The van der Waals surface area contributed by atoms with Crippen molar-refractivity contribution >= 4 is 11.6 Å². The van der Waals surface area contributed by atoms with Crippen LogP contribution >= 0.6 is 11.6 Å². The van der Waals surface area contributed by atoms with E-state index in [2.05, 4.69) is 9.97 Å². The van der Waals surface area contributed by atoms with Gasteiger partial charge in [-0.05, 0) is 12.5 Å². The summed E-state index contributed by atoms with van der Waals surface area (Å²) in [4.78, 5) is 17.8. The Balaban J connectivity index is 2.69. The third kappa shape index (κ3) is 1.33. The topological polar surface area (TPSA) is 50.7 Å². The zero-order chi connectivity index (χ0) is 10.1. The molecule has 0 amide bonds. The highest BCUT2D eigenvalue weighted by molar-refractivity contribution is 6.31. The predicted octanol–water partition coefficient (Wildman–Crippen LogP) is 1.52. The maximum atomic E-state index is 11.3. The molecular weight excluding hydrogens is 202 g/mol. The molecule has 1 N–H and O–H groups in total. The lowest BCUT2D eigenvalue weighted by Crippen LogP contribution is -2.15. The van der Waals surface area contributed by atoms with Gasteiger partial charge in [0.15, 0.2) is 0 Å². The first-order valence-corrected chi connectivity index (χ1v) is 4.44. The normalized spacial score (nSPS) is 10.4. The molecule has 0 spiro atoms. The second-order valence-corrected chi connectivity index (χ2v) is 3.31. The monoisotopic (exact) mass is 209 g/mol. The van der Waals surface area contributed by atoms with Crippen molar-refractivity contribution in [2.75, 3.05) is 0 Å². The van der Waals surface area contributed by atoms with E-state index in [1.165, 1.54) is 4.57 Å². The molecule has 0 radical (unpaired) electrons. The maximum Gasteiger partial charge on any atom is 0.330 e. The molecule has 0 atom stereocenters. The van der Waals surface area contributed by atoms with E-state index in [9.17, 15) is 4.79 Å². The van der Waals surface area contributed by atoms with Gasteiger partial charge >= 0.3 is 5.69 Å². The smallest absolute Gasteiger partial charge is 0.312 e. The van der Waals surface area contributed by atoms with E-state index in [0.717, 1.165) is 5.56 Å². The number of nitrogens with zero attached hydrogens (tertiary/aromatic N) is 2. The summed E-state index contributed by atoms with van der Waals surface area (Å²) in [6.45, 7) is 1.85. The minimum Gasteiger partial charge on any atom is -0.312 e. The molecule has 0 aliphatic rings. The lowest BCUT2D eigenvalue weighted by atomic mass is 10.2. The quantitative estimate of drug-likeness (QED) is 0.774. The fourth-order valence-electron chi connectivity index (χ4n) is 1.24. The lowest BCUT2D eigenvalue weighted by molar-refractivity contribution is 0.963. The van der Waals surface area contributed by atoms with E-state index in [4.69, 9.17) is 11.6 Å². The molecule has 5 heteroatoms. The standard InChI is InChI=1S/C9H8ClN3O/c1-6-7(10)4-11-5-8(6)13-3-2-12-9(13)14/h2-5H,1H3,(H,12,14). The third-order valence-corrected chi connectivity index (χ3v) is 2.42. The molecule has 0 bridgehead atoms. The van der Waals surface area contributed by atoms with Crippen molar-refractivity contribution in [3.8, 4) is 5.69 Å². The number of imidazole rings is 1. The number of pyridine rings is 1. The Morgan fingerprint density at radius 2 is 2.29 bits per heavy atom. The Morgan fingerprint density at radius 3 is 2.93 bits per heavy atom. The average Bonchev–Trinajstić information content (AvgIpc) is 2.57. The summed E-state index contributed by atoms with van der Waals surface area (Å²) in [7, 11) is 0. The van der Waals surface area contributed by atoms with E-state index in [1.54, 1.807) is 24.8 Å². The summed E-state index contributed by atoms with van der Waals surface area (Å²) in [5, 5.41) is 0.551. The van der Waals surface area contributed by atoms with Gasteiger partial charge in [-0.1, -0.05) is 11.6 Å². The Bertz CT molecular complexity index is 515. The average molecular weight is 210 g/mol. The van der Waals surface area contributed by atoms with Gasteiger partial charge in [0.25, 0.3) is 0 Å². The van der Waals surface area contributed by atoms with E-state index in [1.807, 2.05) is 6.92 Å². The van der Waals surface area contributed by atoms with Gasteiger partial charge in [-0.2, -0.15) is 0 Å². The van der Waals surface area contributed by atoms with Crippen molar-refractivity contribution in [2.24, 2.45) is 0 Å². The van der Waals surface area contributed by atoms with Crippen LogP contribution in [0.1, 0.15) is 5.56 Å². The molecule has 2 rings (SSSR count). The number of nitrogens with one attached hydrogen (secondary N) is 1. The number of hydrogen-bond donors (Lipinski definition) is 1. The maximum absolute atomic E-state index is 11.3. The van der Waals surface area contributed by atoms with Crippen molar-refractivity contribution in [3.63, 3.8) is 0 Å². The van der Waals surface area contributed by atoms with Crippen LogP contribution in [0.2, 0.25) is 5.02 Å². The van der Waals surface area contributed by atoms with Crippen LogP contribution in [0.15, 0.2) is 29.6 Å². The lowest BCUT2D eigenvalue weighted by Gasteiger charge is -2.05. The number of aromatic amines is 1. The molecule has 0 fully saturated rings. The fourth-order valence-corrected chi connectivity index (χ4v) is 1.40. The molecule has 2 aromatic rings. The van der Waals surface area contributed by atoms with E-state index >= 15 is 0 Å².